The van der Waals surface area contributed by atoms with Gasteiger partial charge in [0.25, 0.3) is 0 Å². The molecule has 0 bridgehead atoms. The summed E-state index contributed by atoms with van der Waals surface area (Å²) in [4.78, 5) is 0. The molecule has 118 valence electrons. The van der Waals surface area contributed by atoms with Crippen molar-refractivity contribution in [3.05, 3.63) is 60.2 Å². The fourth-order valence-electron chi connectivity index (χ4n) is 2.36. The van der Waals surface area contributed by atoms with Crippen molar-refractivity contribution in [3.63, 3.8) is 0 Å². The maximum absolute atomic E-state index is 5.78. The van der Waals surface area contributed by atoms with E-state index in [0.717, 1.165) is 31.0 Å². The van der Waals surface area contributed by atoms with Gasteiger partial charge in [-0.3, -0.25) is 0 Å². The lowest BCUT2D eigenvalue weighted by molar-refractivity contribution is 0.304. The molecule has 2 rings (SSSR count). The molecule has 1 N–H and O–H groups in total. The highest BCUT2D eigenvalue weighted by atomic mass is 16.5. The van der Waals surface area contributed by atoms with Crippen LogP contribution < -0.4 is 10.1 Å². The smallest absolute Gasteiger partial charge is 0.119 e. The number of ether oxygens (including phenoxy) is 1. The van der Waals surface area contributed by atoms with Gasteiger partial charge in [0.2, 0.25) is 0 Å². The summed E-state index contributed by atoms with van der Waals surface area (Å²) in [6.45, 7) is 3.91. The minimum absolute atomic E-state index is 0.820. The predicted molar refractivity (Wildman–Crippen MR) is 94.5 cm³/mol. The van der Waals surface area contributed by atoms with Gasteiger partial charge in [-0.2, -0.15) is 0 Å². The van der Waals surface area contributed by atoms with Gasteiger partial charge in [-0.05, 0) is 36.2 Å². The van der Waals surface area contributed by atoms with Crippen LogP contribution >= 0.6 is 0 Å². The molecule has 0 aromatic heterocycles. The highest BCUT2D eigenvalue weighted by molar-refractivity contribution is 5.46. The first kappa shape index (κ1) is 16.4. The Balaban J connectivity index is 1.67. The van der Waals surface area contributed by atoms with Crippen molar-refractivity contribution >= 4 is 5.69 Å². The van der Waals surface area contributed by atoms with Crippen LogP contribution in [0.5, 0.6) is 5.75 Å². The van der Waals surface area contributed by atoms with Crippen LogP contribution in [-0.2, 0) is 6.54 Å². The molecule has 2 nitrogen and oxygen atoms in total. The molecule has 0 aliphatic heterocycles. The molecule has 0 fully saturated rings. The molecular weight excluding hydrogens is 270 g/mol. The zero-order valence-electron chi connectivity index (χ0n) is 13.6. The number of unbranched alkanes of at least 4 members (excludes halogenated alkanes) is 4. The Labute approximate surface area is 134 Å². The number of hydrogen-bond donors (Lipinski definition) is 1. The minimum atomic E-state index is 0.820. The maximum atomic E-state index is 5.78. The molecule has 0 amide bonds. The van der Waals surface area contributed by atoms with E-state index >= 15 is 0 Å². The molecule has 0 aliphatic rings. The van der Waals surface area contributed by atoms with E-state index in [1.54, 1.807) is 0 Å². The van der Waals surface area contributed by atoms with Crippen molar-refractivity contribution in [2.45, 2.75) is 45.6 Å². The van der Waals surface area contributed by atoms with Crippen molar-refractivity contribution in [3.8, 4) is 5.75 Å². The number of anilines is 1. The van der Waals surface area contributed by atoms with Gasteiger partial charge in [0.05, 0.1) is 6.61 Å². The van der Waals surface area contributed by atoms with Crippen molar-refractivity contribution in [1.29, 1.82) is 0 Å². The first-order valence-electron chi connectivity index (χ1n) is 8.39. The topological polar surface area (TPSA) is 21.3 Å². The zero-order valence-corrected chi connectivity index (χ0v) is 13.6. The molecular formula is C20H27NO. The van der Waals surface area contributed by atoms with Crippen molar-refractivity contribution in [1.82, 2.24) is 0 Å². The van der Waals surface area contributed by atoms with E-state index in [2.05, 4.69) is 48.6 Å². The molecule has 22 heavy (non-hydrogen) atoms. The Morgan fingerprint density at radius 2 is 1.55 bits per heavy atom. The normalized spacial score (nSPS) is 10.4. The average Bonchev–Trinajstić information content (AvgIpc) is 2.58. The molecule has 0 heterocycles. The summed E-state index contributed by atoms with van der Waals surface area (Å²) >= 11 is 0. The van der Waals surface area contributed by atoms with E-state index in [-0.39, 0.29) is 0 Å². The van der Waals surface area contributed by atoms with E-state index in [1.807, 2.05) is 18.2 Å². The van der Waals surface area contributed by atoms with Crippen LogP contribution in [0.1, 0.15) is 44.6 Å². The second-order valence-electron chi connectivity index (χ2n) is 5.63. The third-order valence-electron chi connectivity index (χ3n) is 3.71. The zero-order chi connectivity index (χ0) is 15.5. The quantitative estimate of drug-likeness (QED) is 0.572. The number of hydrogen-bond acceptors (Lipinski definition) is 2. The van der Waals surface area contributed by atoms with Crippen molar-refractivity contribution in [2.24, 2.45) is 0 Å². The van der Waals surface area contributed by atoms with Crippen LogP contribution in [0.2, 0.25) is 0 Å². The molecule has 0 saturated heterocycles. The van der Waals surface area contributed by atoms with Crippen LogP contribution in [0, 0.1) is 0 Å². The molecule has 2 heteroatoms. The number of benzene rings is 2. The van der Waals surface area contributed by atoms with Crippen LogP contribution in [0.15, 0.2) is 54.6 Å². The first-order valence-corrected chi connectivity index (χ1v) is 8.39. The Kier molecular flexibility index (Phi) is 7.37. The summed E-state index contributed by atoms with van der Waals surface area (Å²) in [5, 5.41) is 3.42. The minimum Gasteiger partial charge on any atom is -0.494 e. The maximum Gasteiger partial charge on any atom is 0.119 e. The van der Waals surface area contributed by atoms with Gasteiger partial charge >= 0.3 is 0 Å². The Bertz CT molecular complexity index is 507. The predicted octanol–water partition coefficient (Wildman–Crippen LogP) is 5.65. The Morgan fingerprint density at radius 3 is 2.27 bits per heavy atom. The summed E-state index contributed by atoms with van der Waals surface area (Å²) in [6, 6.07) is 18.7. The van der Waals surface area contributed by atoms with E-state index in [9.17, 15) is 0 Å². The monoisotopic (exact) mass is 297 g/mol. The largest absolute Gasteiger partial charge is 0.494 e. The molecule has 0 spiro atoms. The Morgan fingerprint density at radius 1 is 0.818 bits per heavy atom. The fraction of sp³-hybridized carbons (Fsp3) is 0.400. The van der Waals surface area contributed by atoms with Crippen molar-refractivity contribution < 1.29 is 4.74 Å². The van der Waals surface area contributed by atoms with Gasteiger partial charge in [-0.25, -0.2) is 0 Å². The van der Waals surface area contributed by atoms with Gasteiger partial charge in [-0.15, -0.1) is 0 Å². The molecule has 0 aliphatic carbocycles. The lowest BCUT2D eigenvalue weighted by Gasteiger charge is -2.09. The summed E-state index contributed by atoms with van der Waals surface area (Å²) in [6.07, 6.45) is 6.36. The van der Waals surface area contributed by atoms with E-state index in [1.165, 1.54) is 31.2 Å². The SMILES string of the molecule is CCCCCCCOc1ccc(NCc2ccccc2)cc1. The van der Waals surface area contributed by atoms with Gasteiger partial charge < -0.3 is 10.1 Å². The fourth-order valence-corrected chi connectivity index (χ4v) is 2.36. The standard InChI is InChI=1S/C20H27NO/c1-2-3-4-5-9-16-22-20-14-12-19(13-15-20)21-17-18-10-7-6-8-11-18/h6-8,10-15,21H,2-5,9,16-17H2,1H3. The molecule has 0 unspecified atom stereocenters. The third-order valence-corrected chi connectivity index (χ3v) is 3.71. The lowest BCUT2D eigenvalue weighted by atomic mass is 10.2. The van der Waals surface area contributed by atoms with Gasteiger partial charge in [0.15, 0.2) is 0 Å². The van der Waals surface area contributed by atoms with Crippen LogP contribution in [-0.4, -0.2) is 6.61 Å². The second-order valence-corrected chi connectivity index (χ2v) is 5.63. The molecule has 0 radical (unpaired) electrons. The number of nitrogens with one attached hydrogen (secondary N) is 1. The summed E-state index contributed by atoms with van der Waals surface area (Å²) in [7, 11) is 0. The summed E-state index contributed by atoms with van der Waals surface area (Å²) < 4.78 is 5.78. The summed E-state index contributed by atoms with van der Waals surface area (Å²) in [5.41, 5.74) is 2.41. The highest BCUT2D eigenvalue weighted by Gasteiger charge is 1.97. The van der Waals surface area contributed by atoms with Gasteiger partial charge in [0.1, 0.15) is 5.75 Å². The van der Waals surface area contributed by atoms with E-state index in [4.69, 9.17) is 4.74 Å². The van der Waals surface area contributed by atoms with Crippen molar-refractivity contribution in [2.75, 3.05) is 11.9 Å². The molecule has 0 saturated carbocycles. The summed E-state index contributed by atoms with van der Waals surface area (Å²) in [5.74, 6) is 0.959. The van der Waals surface area contributed by atoms with Gasteiger partial charge in [0, 0.05) is 12.2 Å². The molecule has 0 atom stereocenters. The molecule has 2 aromatic carbocycles. The van der Waals surface area contributed by atoms with Gasteiger partial charge in [-0.1, -0.05) is 62.9 Å². The average molecular weight is 297 g/mol. The van der Waals surface area contributed by atoms with E-state index < -0.39 is 0 Å². The Hall–Kier alpha value is -1.96. The third kappa shape index (κ3) is 6.21. The first-order chi connectivity index (χ1) is 10.9. The number of rotatable bonds is 10. The lowest BCUT2D eigenvalue weighted by Crippen LogP contribution is -2.00. The van der Waals surface area contributed by atoms with Crippen LogP contribution in [0.3, 0.4) is 0 Å². The highest BCUT2D eigenvalue weighted by Crippen LogP contribution is 2.17. The van der Waals surface area contributed by atoms with Crippen LogP contribution in [0.25, 0.3) is 0 Å². The molecule has 2 aromatic rings. The second kappa shape index (κ2) is 9.88. The van der Waals surface area contributed by atoms with E-state index in [0.29, 0.717) is 0 Å². The van der Waals surface area contributed by atoms with Crippen LogP contribution in [0.4, 0.5) is 5.69 Å².